The molecule has 1 fully saturated rings. The van der Waals surface area contributed by atoms with E-state index in [1.165, 1.54) is 31.2 Å². The SMILES string of the molecule is C[C@H](NP(=O)(Oc1ccccc1)Oc1ccc([N+](=O)[O-])cc1)C(=O)OC1CCN(C)CC1. The molecule has 1 heterocycles. The molecule has 32 heavy (non-hydrogen) atoms. The number of hydrogen-bond donors (Lipinski definition) is 1. The molecule has 1 aliphatic rings. The molecule has 3 rings (SSSR count). The van der Waals surface area contributed by atoms with Crippen LogP contribution >= 0.6 is 7.75 Å². The van der Waals surface area contributed by atoms with Gasteiger partial charge < -0.3 is 18.7 Å². The first kappa shape index (κ1) is 23.7. The lowest BCUT2D eigenvalue weighted by atomic mass is 10.1. The highest BCUT2D eigenvalue weighted by molar-refractivity contribution is 7.52. The monoisotopic (exact) mass is 463 g/mol. The van der Waals surface area contributed by atoms with Crippen molar-refractivity contribution in [2.24, 2.45) is 0 Å². The van der Waals surface area contributed by atoms with E-state index in [9.17, 15) is 19.5 Å². The number of carbonyl (C=O) groups is 1. The molecule has 0 aliphatic carbocycles. The number of piperidine rings is 1. The van der Waals surface area contributed by atoms with Crippen molar-refractivity contribution in [3.63, 3.8) is 0 Å². The molecule has 1 saturated heterocycles. The summed E-state index contributed by atoms with van der Waals surface area (Å²) in [6.07, 6.45) is 1.26. The maximum absolute atomic E-state index is 13.5. The second kappa shape index (κ2) is 10.6. The molecule has 0 spiro atoms. The molecule has 0 radical (unpaired) electrons. The number of nitro groups is 1. The van der Waals surface area contributed by atoms with Gasteiger partial charge in [-0.3, -0.25) is 14.9 Å². The van der Waals surface area contributed by atoms with Gasteiger partial charge in [0.05, 0.1) is 4.92 Å². The molecule has 172 valence electrons. The zero-order chi connectivity index (χ0) is 23.1. The van der Waals surface area contributed by atoms with E-state index >= 15 is 0 Å². The number of non-ortho nitro benzene ring substituents is 1. The number of likely N-dealkylation sites (tertiary alicyclic amines) is 1. The third-order valence-corrected chi connectivity index (χ3v) is 6.50. The highest BCUT2D eigenvalue weighted by Crippen LogP contribution is 2.45. The van der Waals surface area contributed by atoms with Crippen LogP contribution in [0.5, 0.6) is 11.5 Å². The molecule has 10 nitrogen and oxygen atoms in total. The van der Waals surface area contributed by atoms with Crippen molar-refractivity contribution in [1.29, 1.82) is 0 Å². The second-order valence-electron chi connectivity index (χ2n) is 7.53. The van der Waals surface area contributed by atoms with Gasteiger partial charge in [0.1, 0.15) is 23.6 Å². The van der Waals surface area contributed by atoms with Gasteiger partial charge in [0.2, 0.25) is 0 Å². The van der Waals surface area contributed by atoms with Crippen LogP contribution in [0, 0.1) is 10.1 Å². The normalized spacial score (nSPS) is 17.7. The summed E-state index contributed by atoms with van der Waals surface area (Å²) in [7, 11) is -2.10. The summed E-state index contributed by atoms with van der Waals surface area (Å²) < 4.78 is 30.2. The number of esters is 1. The van der Waals surface area contributed by atoms with Crippen LogP contribution in [0.25, 0.3) is 0 Å². The Bertz CT molecular complexity index is 963. The van der Waals surface area contributed by atoms with Gasteiger partial charge in [-0.15, -0.1) is 0 Å². The zero-order valence-electron chi connectivity index (χ0n) is 17.9. The summed E-state index contributed by atoms with van der Waals surface area (Å²) >= 11 is 0. The number of benzene rings is 2. The maximum atomic E-state index is 13.5. The summed E-state index contributed by atoms with van der Waals surface area (Å²) in [5.74, 6) is -0.219. The molecule has 2 atom stereocenters. The smallest absolute Gasteiger partial charge is 0.461 e. The predicted octanol–water partition coefficient (Wildman–Crippen LogP) is 3.78. The molecule has 1 unspecified atom stereocenters. The summed E-state index contributed by atoms with van der Waals surface area (Å²) in [6.45, 7) is 3.18. The maximum Gasteiger partial charge on any atom is 0.513 e. The zero-order valence-corrected chi connectivity index (χ0v) is 18.8. The molecular formula is C21H26N3O7P. The Hall–Kier alpha value is -2.94. The number of rotatable bonds is 9. The number of hydrogen-bond acceptors (Lipinski definition) is 8. The van der Waals surface area contributed by atoms with E-state index in [0.717, 1.165) is 25.9 Å². The van der Waals surface area contributed by atoms with Crippen LogP contribution in [0.3, 0.4) is 0 Å². The topological polar surface area (TPSA) is 120 Å². The molecule has 2 aromatic carbocycles. The fraction of sp³-hybridized carbons (Fsp3) is 0.381. The number of carbonyl (C=O) groups excluding carboxylic acids is 1. The first-order valence-corrected chi connectivity index (χ1v) is 11.7. The van der Waals surface area contributed by atoms with Crippen LogP contribution in [0.1, 0.15) is 19.8 Å². The van der Waals surface area contributed by atoms with Crippen LogP contribution in [0.4, 0.5) is 5.69 Å². The van der Waals surface area contributed by atoms with Gasteiger partial charge >= 0.3 is 13.7 Å². The molecule has 1 N–H and O–H groups in total. The minimum Gasteiger partial charge on any atom is -0.461 e. The molecule has 0 bridgehead atoms. The van der Waals surface area contributed by atoms with E-state index in [1.54, 1.807) is 30.3 Å². The molecule has 11 heteroatoms. The van der Waals surface area contributed by atoms with Crippen molar-refractivity contribution >= 4 is 19.4 Å². The van der Waals surface area contributed by atoms with E-state index in [0.29, 0.717) is 0 Å². The lowest BCUT2D eigenvalue weighted by molar-refractivity contribution is -0.384. The Balaban J connectivity index is 1.71. The van der Waals surface area contributed by atoms with Crippen molar-refractivity contribution in [3.8, 4) is 11.5 Å². The van der Waals surface area contributed by atoms with Gasteiger partial charge in [0, 0.05) is 25.2 Å². The number of nitrogens with one attached hydrogen (secondary N) is 1. The Labute approximate surface area is 186 Å². The quantitative estimate of drug-likeness (QED) is 0.256. The lowest BCUT2D eigenvalue weighted by Gasteiger charge is -2.30. The Morgan fingerprint density at radius 3 is 2.22 bits per heavy atom. The number of nitro benzene ring substituents is 1. The van der Waals surface area contributed by atoms with E-state index < -0.39 is 24.7 Å². The fourth-order valence-electron chi connectivity index (χ4n) is 3.12. The summed E-state index contributed by atoms with van der Waals surface area (Å²) in [5.41, 5.74) is -0.140. The number of nitrogens with zero attached hydrogens (tertiary/aromatic N) is 2. The van der Waals surface area contributed by atoms with Crippen molar-refractivity contribution in [2.45, 2.75) is 31.9 Å². The highest BCUT2D eigenvalue weighted by Gasteiger charge is 2.35. The lowest BCUT2D eigenvalue weighted by Crippen LogP contribution is -2.40. The molecule has 2 aromatic rings. The first-order valence-electron chi connectivity index (χ1n) is 10.2. The summed E-state index contributed by atoms with van der Waals surface area (Å²) in [4.78, 5) is 25.1. The minimum absolute atomic E-state index is 0.0817. The van der Waals surface area contributed by atoms with Gasteiger partial charge in [0.15, 0.2) is 0 Å². The predicted molar refractivity (Wildman–Crippen MR) is 118 cm³/mol. The van der Waals surface area contributed by atoms with Gasteiger partial charge in [-0.2, -0.15) is 5.09 Å². The van der Waals surface area contributed by atoms with Crippen molar-refractivity contribution in [1.82, 2.24) is 9.99 Å². The summed E-state index contributed by atoms with van der Waals surface area (Å²) in [5, 5.41) is 13.5. The average Bonchev–Trinajstić information content (AvgIpc) is 2.76. The Kier molecular flexibility index (Phi) is 7.84. The molecule has 1 aliphatic heterocycles. The van der Waals surface area contributed by atoms with E-state index in [2.05, 4.69) is 9.99 Å². The fourth-order valence-corrected chi connectivity index (χ4v) is 4.64. The first-order chi connectivity index (χ1) is 15.2. The standard InChI is InChI=1S/C21H26N3O7P/c1-16(21(25)29-18-12-14-23(2)15-13-18)22-32(28,30-19-6-4-3-5-7-19)31-20-10-8-17(9-11-20)24(26)27/h3-11,16,18H,12-15H2,1-2H3,(H,22,28)/t16-,32?/m0/s1. The Morgan fingerprint density at radius 2 is 1.66 bits per heavy atom. The molecule has 0 saturated carbocycles. The summed E-state index contributed by atoms with van der Waals surface area (Å²) in [6, 6.07) is 12.4. The molecule has 0 aromatic heterocycles. The van der Waals surface area contributed by atoms with Crippen molar-refractivity contribution < 1.29 is 28.1 Å². The largest absolute Gasteiger partial charge is 0.513 e. The van der Waals surface area contributed by atoms with Crippen molar-refractivity contribution in [3.05, 3.63) is 64.7 Å². The molecular weight excluding hydrogens is 437 g/mol. The van der Waals surface area contributed by atoms with Crippen LogP contribution in [-0.2, 0) is 14.1 Å². The average molecular weight is 463 g/mol. The van der Waals surface area contributed by atoms with E-state index in [4.69, 9.17) is 13.8 Å². The van der Waals surface area contributed by atoms with Crippen LogP contribution in [0.2, 0.25) is 0 Å². The minimum atomic E-state index is -4.10. The highest BCUT2D eigenvalue weighted by atomic mass is 31.2. The third-order valence-electron chi connectivity index (χ3n) is 4.90. The van der Waals surface area contributed by atoms with Gasteiger partial charge in [-0.1, -0.05) is 18.2 Å². The van der Waals surface area contributed by atoms with Crippen LogP contribution in [0.15, 0.2) is 54.6 Å². The number of ether oxygens (including phenoxy) is 1. The second-order valence-corrected chi connectivity index (χ2v) is 9.15. The van der Waals surface area contributed by atoms with Crippen LogP contribution < -0.4 is 14.1 Å². The van der Waals surface area contributed by atoms with Gasteiger partial charge in [-0.05, 0) is 51.1 Å². The number of para-hydroxylation sites is 1. The molecule has 0 amide bonds. The Morgan fingerprint density at radius 1 is 1.09 bits per heavy atom. The third kappa shape index (κ3) is 6.78. The van der Waals surface area contributed by atoms with E-state index in [1.807, 2.05) is 7.05 Å². The van der Waals surface area contributed by atoms with Crippen molar-refractivity contribution in [2.75, 3.05) is 20.1 Å². The van der Waals surface area contributed by atoms with Gasteiger partial charge in [-0.25, -0.2) is 4.57 Å². The van der Waals surface area contributed by atoms with E-state index in [-0.39, 0.29) is 23.3 Å². The van der Waals surface area contributed by atoms with Crippen LogP contribution in [-0.4, -0.2) is 48.1 Å². The van der Waals surface area contributed by atoms with Gasteiger partial charge in [0.25, 0.3) is 5.69 Å².